The Kier molecular flexibility index (Phi) is 2.77. The van der Waals surface area contributed by atoms with Crippen molar-refractivity contribution in [1.29, 1.82) is 0 Å². The predicted octanol–water partition coefficient (Wildman–Crippen LogP) is 2.45. The summed E-state index contributed by atoms with van der Waals surface area (Å²) < 4.78 is 0. The first-order chi connectivity index (χ1) is 7.58. The minimum Gasteiger partial charge on any atom is -0.494 e. The van der Waals surface area contributed by atoms with Gasteiger partial charge in [0.2, 0.25) is 5.88 Å². The van der Waals surface area contributed by atoms with Gasteiger partial charge in [-0.1, -0.05) is 29.8 Å². The summed E-state index contributed by atoms with van der Waals surface area (Å²) in [6, 6.07) is 8.41. The van der Waals surface area contributed by atoms with Crippen LogP contribution in [0, 0.1) is 6.92 Å². The molecule has 0 fully saturated rings. The molecule has 0 radical (unpaired) electrons. The summed E-state index contributed by atoms with van der Waals surface area (Å²) in [5.74, 6) is 0.343. The highest BCUT2D eigenvalue weighted by Crippen LogP contribution is 2.21. The van der Waals surface area contributed by atoms with Gasteiger partial charge in [-0.05, 0) is 19.4 Å². The summed E-state index contributed by atoms with van der Waals surface area (Å²) in [5.41, 5.74) is 2.47. The predicted molar refractivity (Wildman–Crippen MR) is 64.7 cm³/mol. The van der Waals surface area contributed by atoms with Crippen LogP contribution in [0.25, 0.3) is 0 Å². The molecule has 86 valence electrons. The second kappa shape index (κ2) is 4.08. The van der Waals surface area contributed by atoms with Crippen LogP contribution in [0.5, 0.6) is 0 Å². The van der Waals surface area contributed by atoms with Crippen LogP contribution in [0.4, 0.5) is 0 Å². The Bertz CT molecular complexity index is 397. The van der Waals surface area contributed by atoms with Crippen LogP contribution in [0.1, 0.15) is 18.1 Å². The van der Waals surface area contributed by atoms with Crippen LogP contribution in [-0.4, -0.2) is 28.1 Å². The molecule has 0 saturated heterocycles. The second-order valence-corrected chi connectivity index (χ2v) is 4.40. The molecule has 0 amide bonds. The van der Waals surface area contributed by atoms with Crippen molar-refractivity contribution >= 4 is 0 Å². The van der Waals surface area contributed by atoms with Crippen molar-refractivity contribution in [3.05, 3.63) is 47.5 Å². The molecule has 1 heterocycles. The minimum atomic E-state index is 0.210. The number of benzene rings is 1. The van der Waals surface area contributed by atoms with E-state index in [9.17, 15) is 5.11 Å². The number of hydrogen-bond donors (Lipinski definition) is 1. The molecule has 0 bridgehead atoms. The molecule has 3 nitrogen and oxygen atoms in total. The van der Waals surface area contributed by atoms with Crippen LogP contribution >= 0.6 is 0 Å². The van der Waals surface area contributed by atoms with Crippen LogP contribution in [-0.2, 0) is 6.54 Å². The Hall–Kier alpha value is -1.64. The topological polar surface area (TPSA) is 26.7 Å². The van der Waals surface area contributed by atoms with Gasteiger partial charge in [-0.15, -0.1) is 0 Å². The Morgan fingerprint density at radius 1 is 1.25 bits per heavy atom. The second-order valence-electron chi connectivity index (χ2n) is 4.40. The molecule has 1 atom stereocenters. The van der Waals surface area contributed by atoms with Crippen molar-refractivity contribution < 1.29 is 5.11 Å². The molecule has 3 heteroatoms. The summed E-state index contributed by atoms with van der Waals surface area (Å²) in [6.07, 6.45) is 1.97. The van der Waals surface area contributed by atoms with Gasteiger partial charge in [0.15, 0.2) is 0 Å². The quantitative estimate of drug-likeness (QED) is 0.826. The molecule has 2 rings (SSSR count). The summed E-state index contributed by atoms with van der Waals surface area (Å²) >= 11 is 0. The van der Waals surface area contributed by atoms with E-state index < -0.39 is 0 Å². The molecular weight excluding hydrogens is 200 g/mol. The molecule has 1 aromatic carbocycles. The van der Waals surface area contributed by atoms with Gasteiger partial charge < -0.3 is 14.9 Å². The van der Waals surface area contributed by atoms with E-state index >= 15 is 0 Å². The molecule has 1 unspecified atom stereocenters. The maximum atomic E-state index is 9.79. The van der Waals surface area contributed by atoms with Crippen LogP contribution in [0.15, 0.2) is 36.3 Å². The van der Waals surface area contributed by atoms with E-state index in [-0.39, 0.29) is 6.17 Å². The monoisotopic (exact) mass is 218 g/mol. The lowest BCUT2D eigenvalue weighted by Crippen LogP contribution is -2.34. The Morgan fingerprint density at radius 2 is 1.88 bits per heavy atom. The van der Waals surface area contributed by atoms with Gasteiger partial charge in [0, 0.05) is 13.6 Å². The Balaban J connectivity index is 2.11. The molecule has 1 aliphatic rings. The molecule has 0 spiro atoms. The number of aliphatic hydroxyl groups excluding tert-OH is 1. The normalized spacial score (nSPS) is 20.2. The van der Waals surface area contributed by atoms with E-state index in [1.54, 1.807) is 6.20 Å². The Morgan fingerprint density at radius 3 is 2.38 bits per heavy atom. The minimum absolute atomic E-state index is 0.210. The largest absolute Gasteiger partial charge is 0.494 e. The summed E-state index contributed by atoms with van der Waals surface area (Å²) in [7, 11) is 1.97. The van der Waals surface area contributed by atoms with Crippen molar-refractivity contribution in [3.8, 4) is 0 Å². The summed E-state index contributed by atoms with van der Waals surface area (Å²) in [5, 5.41) is 9.79. The molecule has 0 aromatic heterocycles. The number of hydrogen-bond acceptors (Lipinski definition) is 3. The first kappa shape index (κ1) is 10.9. The van der Waals surface area contributed by atoms with Gasteiger partial charge in [-0.3, -0.25) is 0 Å². The van der Waals surface area contributed by atoms with E-state index in [4.69, 9.17) is 0 Å². The van der Waals surface area contributed by atoms with Gasteiger partial charge in [0.05, 0.1) is 6.20 Å². The molecule has 1 aromatic rings. The fourth-order valence-electron chi connectivity index (χ4n) is 1.88. The van der Waals surface area contributed by atoms with Crippen LogP contribution in [0.2, 0.25) is 0 Å². The zero-order valence-electron chi connectivity index (χ0n) is 10.0. The molecule has 0 saturated carbocycles. The fraction of sp³-hybridized carbons (Fsp3) is 0.385. The lowest BCUT2D eigenvalue weighted by molar-refractivity contribution is 0.126. The first-order valence-corrected chi connectivity index (χ1v) is 5.53. The van der Waals surface area contributed by atoms with Crippen molar-refractivity contribution in [2.75, 3.05) is 7.05 Å². The lowest BCUT2D eigenvalue weighted by atomic mass is 10.1. The highest BCUT2D eigenvalue weighted by atomic mass is 16.3. The maximum Gasteiger partial charge on any atom is 0.205 e. The average molecular weight is 218 g/mol. The highest BCUT2D eigenvalue weighted by molar-refractivity contribution is 5.22. The highest BCUT2D eigenvalue weighted by Gasteiger charge is 2.25. The van der Waals surface area contributed by atoms with E-state index in [2.05, 4.69) is 38.1 Å². The van der Waals surface area contributed by atoms with E-state index in [1.807, 2.05) is 16.8 Å². The van der Waals surface area contributed by atoms with Crippen molar-refractivity contribution in [3.63, 3.8) is 0 Å². The molecule has 1 aliphatic heterocycles. The van der Waals surface area contributed by atoms with Crippen molar-refractivity contribution in [2.45, 2.75) is 26.6 Å². The van der Waals surface area contributed by atoms with Crippen LogP contribution < -0.4 is 0 Å². The van der Waals surface area contributed by atoms with E-state index in [0.29, 0.717) is 5.88 Å². The molecular formula is C13H18N2O. The fourth-order valence-corrected chi connectivity index (χ4v) is 1.88. The molecule has 1 N–H and O–H groups in total. The smallest absolute Gasteiger partial charge is 0.205 e. The number of rotatable bonds is 2. The SMILES string of the molecule is Cc1ccc(CN2C(O)=CN(C)C2C)cc1. The standard InChI is InChI=1S/C13H18N2O/c1-10-4-6-12(7-5-10)8-15-11(2)14(3)9-13(15)16/h4-7,9,11,16H,8H2,1-3H3. The summed E-state index contributed by atoms with van der Waals surface area (Å²) in [6.45, 7) is 4.90. The first-order valence-electron chi connectivity index (χ1n) is 5.53. The molecule has 0 aliphatic carbocycles. The zero-order chi connectivity index (χ0) is 11.7. The summed E-state index contributed by atoms with van der Waals surface area (Å²) in [4.78, 5) is 3.98. The average Bonchev–Trinajstić information content (AvgIpc) is 2.48. The van der Waals surface area contributed by atoms with Crippen LogP contribution in [0.3, 0.4) is 0 Å². The van der Waals surface area contributed by atoms with Gasteiger partial charge in [0.1, 0.15) is 6.17 Å². The van der Waals surface area contributed by atoms with Gasteiger partial charge >= 0.3 is 0 Å². The number of aryl methyl sites for hydroxylation is 1. The Labute approximate surface area is 96.6 Å². The third-order valence-electron chi connectivity index (χ3n) is 3.13. The van der Waals surface area contributed by atoms with E-state index in [1.165, 1.54) is 11.1 Å². The van der Waals surface area contributed by atoms with Gasteiger partial charge in [0.25, 0.3) is 0 Å². The maximum absolute atomic E-state index is 9.79. The molecule has 16 heavy (non-hydrogen) atoms. The van der Waals surface area contributed by atoms with Gasteiger partial charge in [-0.25, -0.2) is 0 Å². The number of aliphatic hydroxyl groups is 1. The third kappa shape index (κ3) is 1.98. The lowest BCUT2D eigenvalue weighted by Gasteiger charge is -2.27. The van der Waals surface area contributed by atoms with Crippen molar-refractivity contribution in [2.24, 2.45) is 0 Å². The van der Waals surface area contributed by atoms with E-state index in [0.717, 1.165) is 6.54 Å². The van der Waals surface area contributed by atoms with Gasteiger partial charge in [-0.2, -0.15) is 0 Å². The number of nitrogens with zero attached hydrogens (tertiary/aromatic N) is 2. The van der Waals surface area contributed by atoms with Crippen molar-refractivity contribution in [1.82, 2.24) is 9.80 Å². The third-order valence-corrected chi connectivity index (χ3v) is 3.13. The zero-order valence-corrected chi connectivity index (χ0v) is 10.0.